The summed E-state index contributed by atoms with van der Waals surface area (Å²) in [5.74, 6) is -1.71. The van der Waals surface area contributed by atoms with Crippen LogP contribution < -0.4 is 16.0 Å². The van der Waals surface area contributed by atoms with Gasteiger partial charge in [0.05, 0.1) is 6.54 Å². The first kappa shape index (κ1) is 14.5. The number of aliphatic carboxylic acids is 1. The van der Waals surface area contributed by atoms with Crippen molar-refractivity contribution in [3.05, 3.63) is 30.3 Å². The zero-order chi connectivity index (χ0) is 14.3. The molecule has 0 radical (unpaired) electrons. The second-order valence-electron chi connectivity index (χ2n) is 3.80. The van der Waals surface area contributed by atoms with Crippen LogP contribution in [0.5, 0.6) is 0 Å². The first-order chi connectivity index (χ1) is 8.99. The van der Waals surface area contributed by atoms with Crippen LogP contribution in [0.1, 0.15) is 6.92 Å². The zero-order valence-corrected chi connectivity index (χ0v) is 10.3. The number of para-hydroxylation sites is 1. The molecule has 0 saturated heterocycles. The fraction of sp³-hybridized carbons (Fsp3) is 0.250. The number of nitrogens with one attached hydrogen (secondary N) is 3. The Morgan fingerprint density at radius 3 is 2.42 bits per heavy atom. The highest BCUT2D eigenvalue weighted by Crippen LogP contribution is 2.03. The van der Waals surface area contributed by atoms with Crippen LogP contribution in [0.2, 0.25) is 0 Å². The van der Waals surface area contributed by atoms with Crippen molar-refractivity contribution in [1.82, 2.24) is 10.6 Å². The van der Waals surface area contributed by atoms with Crippen molar-refractivity contribution in [2.45, 2.75) is 13.0 Å². The van der Waals surface area contributed by atoms with Crippen molar-refractivity contribution in [1.29, 1.82) is 0 Å². The van der Waals surface area contributed by atoms with Gasteiger partial charge in [0.15, 0.2) is 0 Å². The summed E-state index contributed by atoms with van der Waals surface area (Å²) in [6.45, 7) is 1.04. The van der Waals surface area contributed by atoms with Crippen molar-refractivity contribution < 1.29 is 19.5 Å². The molecule has 0 aliphatic heterocycles. The van der Waals surface area contributed by atoms with Crippen molar-refractivity contribution in [3.63, 3.8) is 0 Å². The van der Waals surface area contributed by atoms with Crippen LogP contribution in [0.15, 0.2) is 30.3 Å². The van der Waals surface area contributed by atoms with Gasteiger partial charge in [-0.15, -0.1) is 0 Å². The number of hydrogen-bond acceptors (Lipinski definition) is 3. The molecule has 4 N–H and O–H groups in total. The minimum absolute atomic E-state index is 0.295. The normalized spacial score (nSPS) is 11.2. The Hall–Kier alpha value is -2.57. The monoisotopic (exact) mass is 265 g/mol. The van der Waals surface area contributed by atoms with E-state index in [4.69, 9.17) is 5.11 Å². The summed E-state index contributed by atoms with van der Waals surface area (Å²) in [6, 6.07) is 7.20. The lowest BCUT2D eigenvalue weighted by atomic mass is 10.3. The Bertz CT molecular complexity index is 461. The molecule has 0 saturated carbocycles. The smallest absolute Gasteiger partial charge is 0.325 e. The molecule has 0 bridgehead atoms. The van der Waals surface area contributed by atoms with Crippen LogP contribution in [0, 0.1) is 0 Å². The average Bonchev–Trinajstić information content (AvgIpc) is 2.37. The van der Waals surface area contributed by atoms with E-state index in [0.29, 0.717) is 5.69 Å². The summed E-state index contributed by atoms with van der Waals surface area (Å²) in [4.78, 5) is 33.2. The van der Waals surface area contributed by atoms with E-state index < -0.39 is 23.9 Å². The number of amides is 3. The molecule has 7 heteroatoms. The van der Waals surface area contributed by atoms with Crippen LogP contribution in [0.4, 0.5) is 10.5 Å². The van der Waals surface area contributed by atoms with Crippen LogP contribution in [0.3, 0.4) is 0 Å². The van der Waals surface area contributed by atoms with Crippen LogP contribution in [-0.2, 0) is 9.59 Å². The summed E-state index contributed by atoms with van der Waals surface area (Å²) in [5, 5.41) is 15.7. The van der Waals surface area contributed by atoms with Gasteiger partial charge in [0.1, 0.15) is 6.04 Å². The highest BCUT2D eigenvalue weighted by molar-refractivity contribution is 5.92. The minimum atomic E-state index is -1.14. The molecule has 0 aliphatic carbocycles. The Kier molecular flexibility index (Phi) is 5.34. The summed E-state index contributed by atoms with van der Waals surface area (Å²) >= 11 is 0. The molecule has 0 heterocycles. The van der Waals surface area contributed by atoms with Gasteiger partial charge in [-0.3, -0.25) is 9.59 Å². The number of anilines is 1. The van der Waals surface area contributed by atoms with Crippen LogP contribution in [0.25, 0.3) is 0 Å². The molecule has 1 aromatic carbocycles. The standard InChI is InChI=1S/C12H15N3O4/c1-8(11(17)18)14-10(16)7-13-12(19)15-9-5-3-2-4-6-9/h2-6,8H,7H2,1H3,(H,14,16)(H,17,18)(H2,13,15,19). The van der Waals surface area contributed by atoms with Crippen LogP contribution >= 0.6 is 0 Å². The predicted octanol–water partition coefficient (Wildman–Crippen LogP) is 0.397. The molecule has 0 aliphatic rings. The van der Waals surface area contributed by atoms with E-state index in [-0.39, 0.29) is 6.54 Å². The van der Waals surface area contributed by atoms with Gasteiger partial charge >= 0.3 is 12.0 Å². The minimum Gasteiger partial charge on any atom is -0.480 e. The molecule has 1 atom stereocenters. The van der Waals surface area contributed by atoms with Gasteiger partial charge in [0.25, 0.3) is 0 Å². The molecule has 3 amide bonds. The van der Waals surface area contributed by atoms with Gasteiger partial charge in [-0.05, 0) is 19.1 Å². The number of carbonyl (C=O) groups excluding carboxylic acids is 2. The molecule has 7 nitrogen and oxygen atoms in total. The van der Waals surface area contributed by atoms with E-state index in [1.165, 1.54) is 6.92 Å². The average molecular weight is 265 g/mol. The molecule has 0 aromatic heterocycles. The van der Waals surface area contributed by atoms with Crippen molar-refractivity contribution >= 4 is 23.6 Å². The first-order valence-corrected chi connectivity index (χ1v) is 5.61. The fourth-order valence-corrected chi connectivity index (χ4v) is 1.21. The van der Waals surface area contributed by atoms with E-state index in [1.807, 2.05) is 6.07 Å². The number of carbonyl (C=O) groups is 3. The third kappa shape index (κ3) is 5.53. The van der Waals surface area contributed by atoms with Crippen molar-refractivity contribution in [2.75, 3.05) is 11.9 Å². The van der Waals surface area contributed by atoms with Gasteiger partial charge in [-0.25, -0.2) is 4.79 Å². The molecule has 1 rings (SSSR count). The largest absolute Gasteiger partial charge is 0.480 e. The maximum atomic E-state index is 11.4. The third-order valence-electron chi connectivity index (χ3n) is 2.19. The van der Waals surface area contributed by atoms with Crippen molar-refractivity contribution in [3.8, 4) is 0 Å². The maximum Gasteiger partial charge on any atom is 0.325 e. The summed E-state index contributed by atoms with van der Waals surface area (Å²) in [5.41, 5.74) is 0.597. The molecule has 0 fully saturated rings. The molecule has 102 valence electrons. The second kappa shape index (κ2) is 7.00. The molecular weight excluding hydrogens is 250 g/mol. The lowest BCUT2D eigenvalue weighted by Crippen LogP contribution is -2.44. The van der Waals surface area contributed by atoms with Gasteiger partial charge in [-0.1, -0.05) is 18.2 Å². The van der Waals surface area contributed by atoms with E-state index in [0.717, 1.165) is 0 Å². The summed E-state index contributed by atoms with van der Waals surface area (Å²) in [6.07, 6.45) is 0. The number of hydrogen-bond donors (Lipinski definition) is 4. The molecule has 19 heavy (non-hydrogen) atoms. The molecule has 1 unspecified atom stereocenters. The van der Waals surface area contributed by atoms with E-state index in [9.17, 15) is 14.4 Å². The topological polar surface area (TPSA) is 108 Å². The number of carboxylic acids is 1. The Labute approximate surface area is 110 Å². The van der Waals surface area contributed by atoms with Crippen LogP contribution in [-0.4, -0.2) is 35.6 Å². The number of carboxylic acid groups (broad SMARTS) is 1. The predicted molar refractivity (Wildman–Crippen MR) is 68.7 cm³/mol. The summed E-state index contributed by atoms with van der Waals surface area (Å²) in [7, 11) is 0. The van der Waals surface area contributed by atoms with Crippen molar-refractivity contribution in [2.24, 2.45) is 0 Å². The van der Waals surface area contributed by atoms with E-state index in [1.54, 1.807) is 24.3 Å². The zero-order valence-electron chi connectivity index (χ0n) is 10.3. The third-order valence-corrected chi connectivity index (χ3v) is 2.19. The molecule has 1 aromatic rings. The first-order valence-electron chi connectivity index (χ1n) is 5.61. The Morgan fingerprint density at radius 1 is 1.21 bits per heavy atom. The highest BCUT2D eigenvalue weighted by atomic mass is 16.4. The Balaban J connectivity index is 2.30. The SMILES string of the molecule is CC(NC(=O)CNC(=O)Nc1ccccc1)C(=O)O. The molecular formula is C12H15N3O4. The van der Waals surface area contributed by atoms with E-state index in [2.05, 4.69) is 16.0 Å². The quantitative estimate of drug-likeness (QED) is 0.618. The fourth-order valence-electron chi connectivity index (χ4n) is 1.21. The van der Waals surface area contributed by atoms with E-state index >= 15 is 0 Å². The highest BCUT2D eigenvalue weighted by Gasteiger charge is 2.14. The lowest BCUT2D eigenvalue weighted by molar-refractivity contribution is -0.141. The second-order valence-corrected chi connectivity index (χ2v) is 3.80. The van der Waals surface area contributed by atoms with Gasteiger partial charge in [0, 0.05) is 5.69 Å². The maximum absolute atomic E-state index is 11.4. The Morgan fingerprint density at radius 2 is 1.84 bits per heavy atom. The number of urea groups is 1. The van der Waals surface area contributed by atoms with Gasteiger partial charge < -0.3 is 21.1 Å². The number of rotatable bonds is 5. The molecule has 0 spiro atoms. The number of benzene rings is 1. The van der Waals surface area contributed by atoms with Gasteiger partial charge in [-0.2, -0.15) is 0 Å². The lowest BCUT2D eigenvalue weighted by Gasteiger charge is -2.10. The van der Waals surface area contributed by atoms with Gasteiger partial charge in [0.2, 0.25) is 5.91 Å². The summed E-state index contributed by atoms with van der Waals surface area (Å²) < 4.78 is 0.